The van der Waals surface area contributed by atoms with Crippen LogP contribution in [0.3, 0.4) is 0 Å². The maximum atomic E-state index is 6.73. The van der Waals surface area contributed by atoms with Crippen LogP contribution in [0.2, 0.25) is 0 Å². The Morgan fingerprint density at radius 2 is 0.719 bits per heavy atom. The highest BCUT2D eigenvalue weighted by atomic mass is 16.5. The van der Waals surface area contributed by atoms with Crippen molar-refractivity contribution < 1.29 is 4.74 Å². The summed E-state index contributed by atoms with van der Waals surface area (Å²) < 4.78 is 6.73. The molecule has 1 heteroatoms. The average molecular weight is 723 g/mol. The highest BCUT2D eigenvalue weighted by molar-refractivity contribution is 6.27. The lowest BCUT2D eigenvalue weighted by atomic mass is 9.85. The molecule has 0 saturated heterocycles. The Bertz CT molecular complexity index is 3340. The van der Waals surface area contributed by atoms with Gasteiger partial charge in [-0.05, 0) is 135 Å². The van der Waals surface area contributed by atoms with E-state index in [9.17, 15) is 0 Å². The van der Waals surface area contributed by atoms with E-state index in [-0.39, 0.29) is 0 Å². The fraction of sp³-hybridized carbons (Fsp3) is 0. The highest BCUT2D eigenvalue weighted by Crippen LogP contribution is 2.50. The topological polar surface area (TPSA) is 9.23 Å². The lowest BCUT2D eigenvalue weighted by Crippen LogP contribution is -1.98. The Morgan fingerprint density at radius 1 is 0.228 bits per heavy atom. The first-order valence-electron chi connectivity index (χ1n) is 19.7. The largest absolute Gasteiger partial charge is 0.456 e. The lowest BCUT2D eigenvalue weighted by molar-refractivity contribution is 0.487. The summed E-state index contributed by atoms with van der Waals surface area (Å²) in [6.07, 6.45) is 0. The molecular formula is C56H34O. The summed E-state index contributed by atoms with van der Waals surface area (Å²) in [4.78, 5) is 0. The fourth-order valence-electron chi connectivity index (χ4n) is 9.35. The lowest BCUT2D eigenvalue weighted by Gasteiger charge is -2.23. The van der Waals surface area contributed by atoms with Crippen LogP contribution >= 0.6 is 0 Å². The van der Waals surface area contributed by atoms with Crippen LogP contribution in [0.25, 0.3) is 110 Å². The van der Waals surface area contributed by atoms with Crippen molar-refractivity contribution in [1.82, 2.24) is 0 Å². The summed E-state index contributed by atoms with van der Waals surface area (Å²) in [6, 6.07) is 75.3. The van der Waals surface area contributed by atoms with Gasteiger partial charge in [0.05, 0.1) is 0 Å². The van der Waals surface area contributed by atoms with E-state index in [1.54, 1.807) is 0 Å². The summed E-state index contributed by atoms with van der Waals surface area (Å²) in [5.41, 5.74) is 14.3. The van der Waals surface area contributed by atoms with Gasteiger partial charge in [-0.1, -0.05) is 170 Å². The zero-order chi connectivity index (χ0) is 37.5. The Kier molecular flexibility index (Phi) is 7.00. The van der Waals surface area contributed by atoms with Crippen LogP contribution in [0.15, 0.2) is 206 Å². The summed E-state index contributed by atoms with van der Waals surface area (Å²) in [5, 5.41) is 10.1. The summed E-state index contributed by atoms with van der Waals surface area (Å²) >= 11 is 0. The zero-order valence-electron chi connectivity index (χ0n) is 31.0. The van der Waals surface area contributed by atoms with Crippen molar-refractivity contribution >= 4 is 43.1 Å². The molecule has 12 rings (SSSR count). The van der Waals surface area contributed by atoms with E-state index in [2.05, 4.69) is 206 Å². The van der Waals surface area contributed by atoms with Gasteiger partial charge < -0.3 is 4.74 Å². The van der Waals surface area contributed by atoms with E-state index in [0.29, 0.717) is 0 Å². The smallest absolute Gasteiger partial charge is 0.135 e. The van der Waals surface area contributed by atoms with Crippen LogP contribution in [0.5, 0.6) is 11.5 Å². The van der Waals surface area contributed by atoms with Crippen molar-refractivity contribution in [2.75, 3.05) is 0 Å². The number of benzene rings is 11. The maximum Gasteiger partial charge on any atom is 0.135 e. The Balaban J connectivity index is 1.06. The third-order valence-electron chi connectivity index (χ3n) is 12.0. The monoisotopic (exact) mass is 722 g/mol. The van der Waals surface area contributed by atoms with E-state index >= 15 is 0 Å². The van der Waals surface area contributed by atoms with E-state index in [0.717, 1.165) is 28.0 Å². The molecule has 0 radical (unpaired) electrons. The Morgan fingerprint density at radius 3 is 1.35 bits per heavy atom. The van der Waals surface area contributed by atoms with Crippen LogP contribution in [0.1, 0.15) is 0 Å². The van der Waals surface area contributed by atoms with Gasteiger partial charge >= 0.3 is 0 Å². The second kappa shape index (κ2) is 12.5. The molecule has 0 aliphatic carbocycles. The normalized spacial score (nSPS) is 12.0. The first-order chi connectivity index (χ1) is 28.2. The van der Waals surface area contributed by atoms with Crippen molar-refractivity contribution in [3.63, 3.8) is 0 Å². The number of rotatable bonds is 5. The van der Waals surface area contributed by atoms with Gasteiger partial charge in [-0.2, -0.15) is 0 Å². The summed E-state index contributed by atoms with van der Waals surface area (Å²) in [5.74, 6) is 1.78. The molecule has 1 aliphatic heterocycles. The van der Waals surface area contributed by atoms with Crippen molar-refractivity contribution in [3.05, 3.63) is 206 Å². The molecule has 0 saturated carbocycles. The predicted octanol–water partition coefficient (Wildman–Crippen LogP) is 15.8. The molecule has 0 spiro atoms. The number of hydrogen-bond donors (Lipinski definition) is 0. The van der Waals surface area contributed by atoms with E-state index < -0.39 is 0 Å². The fourth-order valence-corrected chi connectivity index (χ4v) is 9.35. The SMILES string of the molecule is c1ccc(-c2cc(-c3ccc4c5c(cccc35)-c3ccc(-c5ccccc5)cc3O4)cc(-c3ccc4ccc5c(-c6ccccc6)ccc6ccc3c4c65)c2)cc1. The first-order valence-corrected chi connectivity index (χ1v) is 19.7. The third-order valence-corrected chi connectivity index (χ3v) is 12.0. The van der Waals surface area contributed by atoms with Crippen molar-refractivity contribution in [3.8, 4) is 78.3 Å². The second-order valence-corrected chi connectivity index (χ2v) is 15.2. The third kappa shape index (κ3) is 5.03. The molecule has 1 aliphatic rings. The molecule has 0 N–H and O–H groups in total. The van der Waals surface area contributed by atoms with Gasteiger partial charge in [0.2, 0.25) is 0 Å². The van der Waals surface area contributed by atoms with Gasteiger partial charge in [-0.25, -0.2) is 0 Å². The summed E-state index contributed by atoms with van der Waals surface area (Å²) in [6.45, 7) is 0. The average Bonchev–Trinajstić information content (AvgIpc) is 3.29. The van der Waals surface area contributed by atoms with Crippen LogP contribution < -0.4 is 4.74 Å². The Hall–Kier alpha value is -7.48. The van der Waals surface area contributed by atoms with Gasteiger partial charge in [-0.15, -0.1) is 0 Å². The van der Waals surface area contributed by atoms with Gasteiger partial charge in [0.15, 0.2) is 0 Å². The number of fused-ring (bicyclic) bond motifs is 2. The van der Waals surface area contributed by atoms with Crippen molar-refractivity contribution in [2.24, 2.45) is 0 Å². The molecule has 0 atom stereocenters. The molecule has 0 unspecified atom stereocenters. The molecule has 0 bridgehead atoms. The first kappa shape index (κ1) is 31.8. The van der Waals surface area contributed by atoms with Crippen LogP contribution in [0, 0.1) is 0 Å². The number of hydrogen-bond acceptors (Lipinski definition) is 1. The van der Waals surface area contributed by atoms with E-state index in [4.69, 9.17) is 4.74 Å². The van der Waals surface area contributed by atoms with Crippen LogP contribution in [-0.2, 0) is 0 Å². The van der Waals surface area contributed by atoms with Gasteiger partial charge in [0.25, 0.3) is 0 Å². The van der Waals surface area contributed by atoms with Gasteiger partial charge in [-0.3, -0.25) is 0 Å². The maximum absolute atomic E-state index is 6.73. The van der Waals surface area contributed by atoms with E-state index in [1.807, 2.05) is 0 Å². The van der Waals surface area contributed by atoms with Crippen molar-refractivity contribution in [2.45, 2.75) is 0 Å². The molecular weight excluding hydrogens is 689 g/mol. The molecule has 1 heterocycles. The minimum absolute atomic E-state index is 0.891. The quantitative estimate of drug-likeness (QED) is 0.161. The molecule has 11 aromatic rings. The van der Waals surface area contributed by atoms with Crippen LogP contribution in [0.4, 0.5) is 0 Å². The highest BCUT2D eigenvalue weighted by Gasteiger charge is 2.23. The molecule has 57 heavy (non-hydrogen) atoms. The number of ether oxygens (including phenoxy) is 1. The molecule has 11 aromatic carbocycles. The molecule has 0 fully saturated rings. The predicted molar refractivity (Wildman–Crippen MR) is 240 cm³/mol. The molecule has 0 amide bonds. The standard InChI is InChI=1S/C56H34O/c1-4-11-35(12-5-1)40-23-26-47-49-18-10-17-48-46(29-30-52(56(48)49)57-53(47)34-40)43-32-41(36-13-6-2-7-14-36)31-42(33-43)45-25-20-39-21-27-50-44(37-15-8-3-9-16-37)24-19-38-22-28-51(45)55(39)54(38)50/h1-34H. The van der Waals surface area contributed by atoms with Gasteiger partial charge in [0, 0.05) is 10.9 Å². The zero-order valence-corrected chi connectivity index (χ0v) is 31.0. The molecule has 1 nitrogen and oxygen atoms in total. The molecule has 264 valence electrons. The Labute approximate surface area is 331 Å². The van der Waals surface area contributed by atoms with Gasteiger partial charge in [0.1, 0.15) is 11.5 Å². The second-order valence-electron chi connectivity index (χ2n) is 15.2. The summed E-state index contributed by atoms with van der Waals surface area (Å²) in [7, 11) is 0. The van der Waals surface area contributed by atoms with Crippen molar-refractivity contribution in [1.29, 1.82) is 0 Å². The van der Waals surface area contributed by atoms with E-state index in [1.165, 1.54) is 93.3 Å². The minimum Gasteiger partial charge on any atom is -0.456 e. The molecule has 0 aromatic heterocycles. The van der Waals surface area contributed by atoms with Crippen LogP contribution in [-0.4, -0.2) is 0 Å². The minimum atomic E-state index is 0.891.